The van der Waals surface area contributed by atoms with E-state index in [0.717, 1.165) is 18.4 Å². The number of anilines is 1. The molecular formula is C20H19NO5. The highest BCUT2D eigenvalue weighted by Gasteiger charge is 2.52. The van der Waals surface area contributed by atoms with Crippen molar-refractivity contribution in [2.24, 2.45) is 0 Å². The molecule has 2 aliphatic rings. The second-order valence-corrected chi connectivity index (χ2v) is 6.43. The molecule has 1 N–H and O–H groups in total. The summed E-state index contributed by atoms with van der Waals surface area (Å²) >= 11 is 0. The minimum atomic E-state index is -0.585. The lowest BCUT2D eigenvalue weighted by Crippen LogP contribution is -2.28. The molecule has 1 heterocycles. The highest BCUT2D eigenvalue weighted by Crippen LogP contribution is 2.49. The number of amides is 1. The molecule has 0 unspecified atom stereocenters. The van der Waals surface area contributed by atoms with Gasteiger partial charge in [-0.1, -0.05) is 30.3 Å². The van der Waals surface area contributed by atoms with Gasteiger partial charge < -0.3 is 19.5 Å². The Hall–Kier alpha value is -3.02. The van der Waals surface area contributed by atoms with Crippen LogP contribution in [0.1, 0.15) is 18.4 Å². The second kappa shape index (κ2) is 6.71. The molecule has 6 nitrogen and oxygen atoms in total. The number of hydrogen-bond acceptors (Lipinski definition) is 5. The fourth-order valence-electron chi connectivity index (χ4n) is 3.08. The Morgan fingerprint density at radius 2 is 1.73 bits per heavy atom. The predicted molar refractivity (Wildman–Crippen MR) is 94.4 cm³/mol. The van der Waals surface area contributed by atoms with Crippen molar-refractivity contribution in [3.63, 3.8) is 0 Å². The first-order chi connectivity index (χ1) is 12.7. The Labute approximate surface area is 151 Å². The minimum absolute atomic E-state index is 0.318. The monoisotopic (exact) mass is 353 g/mol. The smallest absolute Gasteiger partial charge is 0.317 e. The average molecular weight is 353 g/mol. The topological polar surface area (TPSA) is 73.9 Å². The van der Waals surface area contributed by atoms with Gasteiger partial charge >= 0.3 is 5.97 Å². The molecule has 1 fully saturated rings. The van der Waals surface area contributed by atoms with E-state index in [-0.39, 0.29) is 18.5 Å². The van der Waals surface area contributed by atoms with Gasteiger partial charge in [0.1, 0.15) is 13.2 Å². The average Bonchev–Trinajstić information content (AvgIpc) is 3.49. The van der Waals surface area contributed by atoms with E-state index in [9.17, 15) is 9.59 Å². The fraction of sp³-hybridized carbons (Fsp3) is 0.300. The molecule has 0 spiro atoms. The molecule has 6 heteroatoms. The summed E-state index contributed by atoms with van der Waals surface area (Å²) in [5, 5.41) is 2.71. The van der Waals surface area contributed by atoms with Crippen LogP contribution in [0.3, 0.4) is 0 Å². The van der Waals surface area contributed by atoms with Gasteiger partial charge in [0.2, 0.25) is 0 Å². The van der Waals surface area contributed by atoms with Crippen molar-refractivity contribution in [1.82, 2.24) is 0 Å². The van der Waals surface area contributed by atoms with Gasteiger partial charge in [0.25, 0.3) is 5.91 Å². The van der Waals surface area contributed by atoms with Crippen LogP contribution in [0.25, 0.3) is 0 Å². The van der Waals surface area contributed by atoms with Gasteiger partial charge in [-0.15, -0.1) is 0 Å². The lowest BCUT2D eigenvalue weighted by Gasteiger charge is -2.19. The molecule has 1 aliphatic heterocycles. The molecule has 1 aliphatic carbocycles. The first kappa shape index (κ1) is 16.4. The van der Waals surface area contributed by atoms with Gasteiger partial charge in [-0.05, 0) is 30.5 Å². The van der Waals surface area contributed by atoms with Crippen LogP contribution in [0.4, 0.5) is 5.69 Å². The molecule has 1 amide bonds. The molecule has 26 heavy (non-hydrogen) atoms. The maximum Gasteiger partial charge on any atom is 0.317 e. The maximum atomic E-state index is 12.4. The van der Waals surface area contributed by atoms with Crippen molar-refractivity contribution in [1.29, 1.82) is 0 Å². The molecule has 134 valence electrons. The van der Waals surface area contributed by atoms with Gasteiger partial charge in [0.15, 0.2) is 18.1 Å². The quantitative estimate of drug-likeness (QED) is 0.837. The largest absolute Gasteiger partial charge is 0.486 e. The number of hydrogen-bond donors (Lipinski definition) is 1. The zero-order chi connectivity index (χ0) is 18.0. The lowest BCUT2D eigenvalue weighted by molar-refractivity contribution is -0.150. The number of ether oxygens (including phenoxy) is 3. The van der Waals surface area contributed by atoms with Crippen LogP contribution in [0.2, 0.25) is 0 Å². The standard InChI is InChI=1S/C20H19NO5/c22-18(21-15-6-7-16-17(12-15)25-11-10-24-16)13-26-19(23)20(8-9-20)14-4-2-1-3-5-14/h1-7,12H,8-11,13H2,(H,21,22). The van der Waals surface area contributed by atoms with Crippen LogP contribution in [0.5, 0.6) is 11.5 Å². The highest BCUT2D eigenvalue weighted by molar-refractivity contribution is 5.94. The molecule has 2 aromatic rings. The summed E-state index contributed by atoms with van der Waals surface area (Å²) in [6.07, 6.45) is 1.50. The molecule has 2 aromatic carbocycles. The zero-order valence-corrected chi connectivity index (χ0v) is 14.2. The Morgan fingerprint density at radius 3 is 2.46 bits per heavy atom. The van der Waals surface area contributed by atoms with Crippen LogP contribution in [0, 0.1) is 0 Å². The van der Waals surface area contributed by atoms with Crippen molar-refractivity contribution in [2.75, 3.05) is 25.1 Å². The summed E-state index contributed by atoms with van der Waals surface area (Å²) in [5.74, 6) is 0.506. The van der Waals surface area contributed by atoms with Crippen LogP contribution in [-0.2, 0) is 19.7 Å². The van der Waals surface area contributed by atoms with E-state index in [2.05, 4.69) is 5.32 Å². The number of benzene rings is 2. The third-order valence-corrected chi connectivity index (χ3v) is 4.63. The normalized spacial score (nSPS) is 16.5. The Kier molecular flexibility index (Phi) is 4.24. The molecule has 1 saturated carbocycles. The summed E-state index contributed by atoms with van der Waals surface area (Å²) in [6, 6.07) is 14.7. The SMILES string of the molecule is O=C(COC(=O)C1(c2ccccc2)CC1)Nc1ccc2c(c1)OCCO2. The third-order valence-electron chi connectivity index (χ3n) is 4.63. The van der Waals surface area contributed by atoms with Crippen molar-refractivity contribution in [2.45, 2.75) is 18.3 Å². The summed E-state index contributed by atoms with van der Waals surface area (Å²) in [6.45, 7) is 0.670. The van der Waals surface area contributed by atoms with E-state index in [4.69, 9.17) is 14.2 Å². The molecule has 0 radical (unpaired) electrons. The second-order valence-electron chi connectivity index (χ2n) is 6.43. The molecule has 0 saturated heterocycles. The fourth-order valence-corrected chi connectivity index (χ4v) is 3.08. The molecule has 0 atom stereocenters. The van der Waals surface area contributed by atoms with Crippen LogP contribution in [-0.4, -0.2) is 31.7 Å². The van der Waals surface area contributed by atoms with E-state index in [0.29, 0.717) is 30.4 Å². The van der Waals surface area contributed by atoms with Crippen molar-refractivity contribution in [3.05, 3.63) is 54.1 Å². The molecule has 0 bridgehead atoms. The van der Waals surface area contributed by atoms with Crippen molar-refractivity contribution in [3.8, 4) is 11.5 Å². The Bertz CT molecular complexity index is 829. The number of rotatable bonds is 5. The summed E-state index contributed by atoms with van der Waals surface area (Å²) < 4.78 is 16.2. The lowest BCUT2D eigenvalue weighted by atomic mass is 9.96. The highest BCUT2D eigenvalue weighted by atomic mass is 16.6. The first-order valence-electron chi connectivity index (χ1n) is 8.60. The first-order valence-corrected chi connectivity index (χ1v) is 8.60. The summed E-state index contributed by atoms with van der Waals surface area (Å²) in [4.78, 5) is 24.5. The number of nitrogens with one attached hydrogen (secondary N) is 1. The summed E-state index contributed by atoms with van der Waals surface area (Å²) in [5.41, 5.74) is 0.926. The Balaban J connectivity index is 1.34. The van der Waals surface area contributed by atoms with E-state index in [1.807, 2.05) is 30.3 Å². The predicted octanol–water partition coefficient (Wildman–Crippen LogP) is 2.67. The van der Waals surface area contributed by atoms with E-state index >= 15 is 0 Å². The van der Waals surface area contributed by atoms with Gasteiger partial charge in [0.05, 0.1) is 5.41 Å². The third kappa shape index (κ3) is 3.22. The van der Waals surface area contributed by atoms with E-state index < -0.39 is 5.41 Å². The van der Waals surface area contributed by atoms with Gasteiger partial charge in [-0.2, -0.15) is 0 Å². The van der Waals surface area contributed by atoms with Crippen LogP contribution >= 0.6 is 0 Å². The Morgan fingerprint density at radius 1 is 1.00 bits per heavy atom. The molecule has 0 aromatic heterocycles. The van der Waals surface area contributed by atoms with Crippen LogP contribution in [0.15, 0.2) is 48.5 Å². The van der Waals surface area contributed by atoms with Gasteiger partial charge in [-0.3, -0.25) is 9.59 Å². The maximum absolute atomic E-state index is 12.4. The molecule has 4 rings (SSSR count). The van der Waals surface area contributed by atoms with E-state index in [1.165, 1.54) is 0 Å². The number of fused-ring (bicyclic) bond motifs is 1. The van der Waals surface area contributed by atoms with Gasteiger partial charge in [-0.25, -0.2) is 0 Å². The number of carbonyl (C=O) groups is 2. The van der Waals surface area contributed by atoms with Crippen molar-refractivity contribution < 1.29 is 23.8 Å². The number of esters is 1. The molecular weight excluding hydrogens is 334 g/mol. The minimum Gasteiger partial charge on any atom is -0.486 e. The zero-order valence-electron chi connectivity index (χ0n) is 14.2. The van der Waals surface area contributed by atoms with E-state index in [1.54, 1.807) is 18.2 Å². The summed E-state index contributed by atoms with van der Waals surface area (Å²) in [7, 11) is 0. The van der Waals surface area contributed by atoms with Crippen molar-refractivity contribution >= 4 is 17.6 Å². The number of carbonyl (C=O) groups excluding carboxylic acids is 2. The van der Waals surface area contributed by atoms with Gasteiger partial charge in [0, 0.05) is 11.8 Å². The van der Waals surface area contributed by atoms with Crippen LogP contribution < -0.4 is 14.8 Å².